The maximum Gasteiger partial charge on any atom is 0.264 e. The van der Waals surface area contributed by atoms with Gasteiger partial charge in [0, 0.05) is 34.7 Å². The summed E-state index contributed by atoms with van der Waals surface area (Å²) in [6.45, 7) is 2.55. The summed E-state index contributed by atoms with van der Waals surface area (Å²) in [5.41, 5.74) is 17.9. The van der Waals surface area contributed by atoms with E-state index in [1.807, 2.05) is 18.3 Å². The molecule has 0 atom stereocenters. The van der Waals surface area contributed by atoms with E-state index in [2.05, 4.69) is 80.6 Å². The first-order chi connectivity index (χ1) is 16.5. The largest absolute Gasteiger partial charge is 0.394 e. The number of primary amides is 1. The number of amides is 1. The maximum atomic E-state index is 11.1. The van der Waals surface area contributed by atoms with Gasteiger partial charge in [0.25, 0.3) is 5.91 Å². The number of aromatic amines is 1. The van der Waals surface area contributed by atoms with Gasteiger partial charge in [0.15, 0.2) is 0 Å². The Kier molecular flexibility index (Phi) is 5.43. The number of allylic oxidation sites excluding steroid dienone is 1. The molecule has 34 heavy (non-hydrogen) atoms. The first kappa shape index (κ1) is 21.2. The quantitative estimate of drug-likeness (QED) is 0.259. The van der Waals surface area contributed by atoms with Crippen LogP contribution in [0, 0.1) is 0 Å². The van der Waals surface area contributed by atoms with Gasteiger partial charge in [0.1, 0.15) is 0 Å². The Hall–Kier alpha value is -4.65. The van der Waals surface area contributed by atoms with Gasteiger partial charge in [0.05, 0.1) is 23.1 Å². The Morgan fingerprint density at radius 3 is 2.59 bits per heavy atom. The molecular formula is C27H24N6O. The molecule has 0 aliphatic heterocycles. The predicted molar refractivity (Wildman–Crippen MR) is 137 cm³/mol. The van der Waals surface area contributed by atoms with Crippen molar-refractivity contribution < 1.29 is 4.79 Å². The molecule has 168 valence electrons. The number of aliphatic imine (C=N–C) groups is 1. The third-order valence-corrected chi connectivity index (χ3v) is 5.79. The summed E-state index contributed by atoms with van der Waals surface area (Å²) in [6, 6.07) is 23.0. The highest BCUT2D eigenvalue weighted by Gasteiger charge is 2.06. The van der Waals surface area contributed by atoms with E-state index < -0.39 is 5.91 Å². The van der Waals surface area contributed by atoms with E-state index in [0.717, 1.165) is 34.0 Å². The van der Waals surface area contributed by atoms with Crippen LogP contribution < -0.4 is 11.5 Å². The Balaban J connectivity index is 1.35. The Bertz CT molecular complexity index is 1570. The van der Waals surface area contributed by atoms with E-state index in [1.54, 1.807) is 6.92 Å². The lowest BCUT2D eigenvalue weighted by molar-refractivity contribution is -0.114. The zero-order chi connectivity index (χ0) is 23.7. The molecular weight excluding hydrogens is 424 g/mol. The fourth-order valence-corrected chi connectivity index (χ4v) is 4.05. The molecule has 0 spiro atoms. The Morgan fingerprint density at radius 2 is 1.79 bits per heavy atom. The number of rotatable bonds is 6. The fraction of sp³-hybridized carbons (Fsp3) is 0.0741. The van der Waals surface area contributed by atoms with Crippen LogP contribution in [0.2, 0.25) is 0 Å². The molecule has 5 aromatic rings. The SMILES string of the molecule is CC(C=C(N)C(N)=O)=Nc1ccc2c(ccn2Cc2ccc(-c3ccc4[nH]ncc4c3)cc2)c1. The van der Waals surface area contributed by atoms with E-state index in [1.165, 1.54) is 22.8 Å². The highest BCUT2D eigenvalue weighted by Crippen LogP contribution is 2.26. The average Bonchev–Trinajstić information content (AvgIpc) is 3.45. The number of hydrogen-bond donors (Lipinski definition) is 3. The highest BCUT2D eigenvalue weighted by molar-refractivity contribution is 6.03. The second kappa shape index (κ2) is 8.71. The molecule has 1 amide bonds. The van der Waals surface area contributed by atoms with Crippen LogP contribution in [0.15, 0.2) is 95.9 Å². The van der Waals surface area contributed by atoms with Crippen LogP contribution in [-0.2, 0) is 11.3 Å². The molecule has 7 nitrogen and oxygen atoms in total. The van der Waals surface area contributed by atoms with E-state index in [-0.39, 0.29) is 5.70 Å². The van der Waals surface area contributed by atoms with Crippen LogP contribution in [0.3, 0.4) is 0 Å². The number of H-pyrrole nitrogens is 1. The third-order valence-electron chi connectivity index (χ3n) is 5.79. The summed E-state index contributed by atoms with van der Waals surface area (Å²) < 4.78 is 2.22. The molecule has 7 heteroatoms. The molecule has 0 aliphatic carbocycles. The topological polar surface area (TPSA) is 115 Å². The number of fused-ring (bicyclic) bond motifs is 2. The van der Waals surface area contributed by atoms with Gasteiger partial charge in [-0.05, 0) is 66.1 Å². The summed E-state index contributed by atoms with van der Waals surface area (Å²) in [6.07, 6.45) is 5.40. The molecule has 0 bridgehead atoms. The van der Waals surface area contributed by atoms with Crippen LogP contribution in [0.5, 0.6) is 0 Å². The van der Waals surface area contributed by atoms with E-state index >= 15 is 0 Å². The number of nitrogens with two attached hydrogens (primary N) is 2. The highest BCUT2D eigenvalue weighted by atomic mass is 16.1. The van der Waals surface area contributed by atoms with E-state index in [0.29, 0.717) is 5.71 Å². The van der Waals surface area contributed by atoms with Crippen LogP contribution in [0.25, 0.3) is 32.9 Å². The van der Waals surface area contributed by atoms with Crippen molar-refractivity contribution in [2.45, 2.75) is 13.5 Å². The minimum absolute atomic E-state index is 0.0125. The number of nitrogens with zero attached hydrogens (tertiary/aromatic N) is 3. The first-order valence-electron chi connectivity index (χ1n) is 10.9. The maximum absolute atomic E-state index is 11.1. The molecule has 0 saturated carbocycles. The Labute approximate surface area is 196 Å². The van der Waals surface area contributed by atoms with Crippen molar-refractivity contribution in [2.24, 2.45) is 16.5 Å². The van der Waals surface area contributed by atoms with Gasteiger partial charge >= 0.3 is 0 Å². The number of aromatic nitrogens is 3. The summed E-state index contributed by atoms with van der Waals surface area (Å²) in [4.78, 5) is 15.6. The van der Waals surface area contributed by atoms with Crippen molar-refractivity contribution in [1.29, 1.82) is 0 Å². The minimum Gasteiger partial charge on any atom is -0.394 e. The second-order valence-electron chi connectivity index (χ2n) is 8.27. The van der Waals surface area contributed by atoms with Crippen LogP contribution >= 0.6 is 0 Å². The van der Waals surface area contributed by atoms with Crippen molar-refractivity contribution in [3.63, 3.8) is 0 Å². The summed E-state index contributed by atoms with van der Waals surface area (Å²) in [5, 5.41) is 9.27. The smallest absolute Gasteiger partial charge is 0.264 e. The van der Waals surface area contributed by atoms with Crippen LogP contribution in [0.4, 0.5) is 5.69 Å². The zero-order valence-electron chi connectivity index (χ0n) is 18.7. The van der Waals surface area contributed by atoms with Crippen molar-refractivity contribution in [3.8, 4) is 11.1 Å². The van der Waals surface area contributed by atoms with Gasteiger partial charge in [-0.3, -0.25) is 14.9 Å². The van der Waals surface area contributed by atoms with Gasteiger partial charge in [-0.15, -0.1) is 0 Å². The van der Waals surface area contributed by atoms with Gasteiger partial charge in [-0.25, -0.2) is 0 Å². The lowest BCUT2D eigenvalue weighted by atomic mass is 10.0. The molecule has 0 fully saturated rings. The van der Waals surface area contributed by atoms with E-state index in [4.69, 9.17) is 11.5 Å². The first-order valence-corrected chi connectivity index (χ1v) is 10.9. The Morgan fingerprint density at radius 1 is 1.00 bits per heavy atom. The number of carbonyl (C=O) groups is 1. The third kappa shape index (κ3) is 4.31. The fourth-order valence-electron chi connectivity index (χ4n) is 4.05. The normalized spacial score (nSPS) is 12.5. The van der Waals surface area contributed by atoms with Crippen LogP contribution in [-0.4, -0.2) is 26.4 Å². The summed E-state index contributed by atoms with van der Waals surface area (Å²) >= 11 is 0. The van der Waals surface area contributed by atoms with Gasteiger partial charge in [-0.1, -0.05) is 30.3 Å². The van der Waals surface area contributed by atoms with Crippen LogP contribution in [0.1, 0.15) is 12.5 Å². The zero-order valence-corrected chi connectivity index (χ0v) is 18.7. The summed E-state index contributed by atoms with van der Waals surface area (Å²) in [7, 11) is 0. The van der Waals surface area contributed by atoms with Crippen molar-refractivity contribution in [1.82, 2.24) is 14.8 Å². The molecule has 2 aromatic heterocycles. The number of nitrogens with one attached hydrogen (secondary N) is 1. The molecule has 0 saturated heterocycles. The second-order valence-corrected chi connectivity index (χ2v) is 8.27. The minimum atomic E-state index is -0.658. The standard InChI is InChI=1S/C27H24N6O/c1-17(12-24(28)27(29)34)31-23-7-9-26-21(14-23)10-11-33(26)16-18-2-4-19(5-3-18)20-6-8-25-22(13-20)15-30-32-25/h2-15H,16,28H2,1H3,(H2,29,34)(H,30,32). The lowest BCUT2D eigenvalue weighted by Gasteiger charge is -2.08. The lowest BCUT2D eigenvalue weighted by Crippen LogP contribution is -2.20. The number of benzene rings is 3. The number of carbonyl (C=O) groups excluding carboxylic acids is 1. The molecule has 0 radical (unpaired) electrons. The molecule has 3 aromatic carbocycles. The average molecular weight is 449 g/mol. The number of hydrogen-bond acceptors (Lipinski definition) is 4. The summed E-state index contributed by atoms with van der Waals surface area (Å²) in [5.74, 6) is -0.658. The monoisotopic (exact) mass is 448 g/mol. The van der Waals surface area contributed by atoms with Crippen molar-refractivity contribution in [3.05, 3.63) is 96.5 Å². The van der Waals surface area contributed by atoms with Crippen molar-refractivity contribution in [2.75, 3.05) is 0 Å². The molecule has 2 heterocycles. The van der Waals surface area contributed by atoms with E-state index in [9.17, 15) is 4.79 Å². The van der Waals surface area contributed by atoms with Gasteiger partial charge < -0.3 is 16.0 Å². The molecule has 5 N–H and O–H groups in total. The molecule has 5 rings (SSSR count). The molecule has 0 aliphatic rings. The molecule has 0 unspecified atom stereocenters. The predicted octanol–water partition coefficient (Wildman–Crippen LogP) is 4.65. The van der Waals surface area contributed by atoms with Crippen molar-refractivity contribution >= 4 is 39.1 Å². The van der Waals surface area contributed by atoms with Gasteiger partial charge in [-0.2, -0.15) is 5.10 Å². The van der Waals surface area contributed by atoms with Gasteiger partial charge in [0.2, 0.25) is 0 Å².